The van der Waals surface area contributed by atoms with Crippen LogP contribution in [0.3, 0.4) is 0 Å². The summed E-state index contributed by atoms with van der Waals surface area (Å²) in [5.41, 5.74) is 5.07. The molecule has 0 saturated carbocycles. The number of nitrogens with one attached hydrogen (secondary N) is 1. The Bertz CT molecular complexity index is 367. The second-order valence-electron chi connectivity index (χ2n) is 7.26. The van der Waals surface area contributed by atoms with Crippen LogP contribution in [-0.4, -0.2) is 29.6 Å². The van der Waals surface area contributed by atoms with E-state index in [4.69, 9.17) is 12.2 Å². The largest absolute Gasteiger partial charge is 0.394 e. The molecule has 0 aromatic rings. The Hall–Kier alpha value is -1.10. The predicted octanol–water partition coefficient (Wildman–Crippen LogP) is 4.21. The molecule has 0 unspecified atom stereocenters. The van der Waals surface area contributed by atoms with Crippen molar-refractivity contribution in [2.24, 2.45) is 5.73 Å². The van der Waals surface area contributed by atoms with Crippen LogP contribution in [0.15, 0.2) is 0 Å². The van der Waals surface area contributed by atoms with Crippen LogP contribution in [-0.2, 0) is 9.59 Å². The zero-order valence-corrected chi connectivity index (χ0v) is 16.6. The van der Waals surface area contributed by atoms with Crippen LogP contribution in [0.5, 0.6) is 0 Å². The molecule has 5 heteroatoms. The minimum atomic E-state index is -0.966. The highest BCUT2D eigenvalue weighted by molar-refractivity contribution is 5.86. The van der Waals surface area contributed by atoms with Gasteiger partial charge in [0.15, 0.2) is 0 Å². The monoisotopic (exact) mass is 371 g/mol. The number of primary amides is 1. The summed E-state index contributed by atoms with van der Waals surface area (Å²) >= 11 is 0. The van der Waals surface area contributed by atoms with Crippen LogP contribution < -0.4 is 11.1 Å². The van der Waals surface area contributed by atoms with E-state index in [1.807, 2.05) is 0 Å². The zero-order chi connectivity index (χ0) is 20.2. The number of carbonyl (C=O) groups is 2. The molecule has 0 aromatic carbocycles. The van der Waals surface area contributed by atoms with E-state index >= 15 is 0 Å². The smallest absolute Gasteiger partial charge is 0.242 e. The summed E-state index contributed by atoms with van der Waals surface area (Å²) < 4.78 is 7.10. The molecule has 0 spiro atoms. The summed E-state index contributed by atoms with van der Waals surface area (Å²) in [6.45, 7) is 0.130. The average Bonchev–Trinajstić information content (AvgIpc) is 2.65. The molecule has 0 aliphatic rings. The zero-order valence-electron chi connectivity index (χ0n) is 17.6. The fourth-order valence-corrected chi connectivity index (χ4v) is 3.06. The van der Waals surface area contributed by atoms with Gasteiger partial charge < -0.3 is 16.2 Å². The third-order valence-corrected chi connectivity index (χ3v) is 4.77. The molecule has 26 heavy (non-hydrogen) atoms. The molecule has 0 aromatic heterocycles. The lowest BCUT2D eigenvalue weighted by Gasteiger charge is -2.12. The first-order chi connectivity index (χ1) is 13.1. The number of amides is 2. The number of hydrogen-bond donors (Lipinski definition) is 3. The van der Waals surface area contributed by atoms with E-state index in [0.29, 0.717) is 13.3 Å². The number of aliphatic hydroxyl groups is 1. The van der Waals surface area contributed by atoms with Crippen LogP contribution in [0.1, 0.15) is 111 Å². The van der Waals surface area contributed by atoms with Crippen molar-refractivity contribution >= 4 is 11.8 Å². The van der Waals surface area contributed by atoms with E-state index in [1.54, 1.807) is 0 Å². The molecule has 0 radical (unpaired) electrons. The molecule has 0 saturated heterocycles. The van der Waals surface area contributed by atoms with Crippen LogP contribution >= 0.6 is 0 Å². The summed E-state index contributed by atoms with van der Waals surface area (Å²) in [4.78, 5) is 22.6. The third kappa shape index (κ3) is 16.4. The van der Waals surface area contributed by atoms with E-state index in [9.17, 15) is 9.59 Å². The maximum Gasteiger partial charge on any atom is 0.242 e. The third-order valence-electron chi connectivity index (χ3n) is 4.77. The molecule has 0 rings (SSSR count). The van der Waals surface area contributed by atoms with E-state index < -0.39 is 18.6 Å². The highest BCUT2D eigenvalue weighted by Crippen LogP contribution is 2.13. The molecule has 0 heterocycles. The first-order valence-corrected chi connectivity index (χ1v) is 10.6. The first-order valence-electron chi connectivity index (χ1n) is 11.3. The van der Waals surface area contributed by atoms with Gasteiger partial charge in [0.1, 0.15) is 6.04 Å². The Morgan fingerprint density at radius 1 is 0.846 bits per heavy atom. The normalized spacial score (nSPS) is 12.6. The Balaban J connectivity index is 3.25. The molecule has 0 aliphatic carbocycles. The SMILES string of the molecule is [2H]CCCCCCCCCCCCCCCCCC(=O)N[C@@H](CO)C(N)=O. The number of aliphatic hydroxyl groups excluding tert-OH is 1. The van der Waals surface area contributed by atoms with Crippen molar-refractivity contribution in [1.82, 2.24) is 5.32 Å². The van der Waals surface area contributed by atoms with Gasteiger partial charge in [-0.3, -0.25) is 9.59 Å². The molecule has 154 valence electrons. The van der Waals surface area contributed by atoms with Gasteiger partial charge in [-0.2, -0.15) is 0 Å². The van der Waals surface area contributed by atoms with Gasteiger partial charge in [0.2, 0.25) is 11.8 Å². The van der Waals surface area contributed by atoms with E-state index in [-0.39, 0.29) is 5.91 Å². The molecular formula is C21H42N2O3. The van der Waals surface area contributed by atoms with Crippen molar-refractivity contribution < 1.29 is 16.1 Å². The lowest BCUT2D eigenvalue weighted by Crippen LogP contribution is -2.46. The number of hydrogen-bond acceptors (Lipinski definition) is 3. The summed E-state index contributed by atoms with van der Waals surface area (Å²) in [7, 11) is 0. The van der Waals surface area contributed by atoms with Gasteiger partial charge in [-0.25, -0.2) is 0 Å². The molecule has 4 N–H and O–H groups in total. The van der Waals surface area contributed by atoms with Crippen LogP contribution in [0.25, 0.3) is 0 Å². The minimum Gasteiger partial charge on any atom is -0.394 e. The topological polar surface area (TPSA) is 92.4 Å². The predicted molar refractivity (Wildman–Crippen MR) is 108 cm³/mol. The van der Waals surface area contributed by atoms with Crippen molar-refractivity contribution in [2.75, 3.05) is 6.61 Å². The lowest BCUT2D eigenvalue weighted by atomic mass is 10.0. The van der Waals surface area contributed by atoms with Gasteiger partial charge in [-0.15, -0.1) is 0 Å². The molecule has 1 atom stereocenters. The highest BCUT2D eigenvalue weighted by Gasteiger charge is 2.15. The van der Waals surface area contributed by atoms with Crippen molar-refractivity contribution in [3.05, 3.63) is 0 Å². The Morgan fingerprint density at radius 2 is 1.27 bits per heavy atom. The maximum absolute atomic E-state index is 11.6. The standard InChI is InChI=1S/C21H42N2O3/c1-2-3-4-5-6-7-8-9-10-11-12-13-14-15-16-17-20(25)23-19(18-24)21(22)26/h19,24H,2-18H2,1H3,(H2,22,26)(H,23,25)/t19-/m0/s1/i1D. The number of unbranched alkanes of at least 4 members (excludes halogenated alkanes) is 14. The first kappa shape index (κ1) is 22.9. The summed E-state index contributed by atoms with van der Waals surface area (Å²) in [6, 6.07) is -0.966. The highest BCUT2D eigenvalue weighted by atomic mass is 16.3. The Labute approximate surface area is 161 Å². The lowest BCUT2D eigenvalue weighted by molar-refractivity contribution is -0.128. The Kier molecular flexibility index (Phi) is 16.5. The number of rotatable bonds is 19. The van der Waals surface area contributed by atoms with Gasteiger partial charge in [-0.1, -0.05) is 96.8 Å². The number of nitrogens with two attached hydrogens (primary N) is 1. The van der Waals surface area contributed by atoms with Crippen LogP contribution in [0.4, 0.5) is 0 Å². The fraction of sp³-hybridized carbons (Fsp3) is 0.905. The maximum atomic E-state index is 11.6. The molecule has 0 fully saturated rings. The fourth-order valence-electron chi connectivity index (χ4n) is 3.06. The van der Waals surface area contributed by atoms with Crippen LogP contribution in [0.2, 0.25) is 0 Å². The van der Waals surface area contributed by atoms with Gasteiger partial charge >= 0.3 is 0 Å². The van der Waals surface area contributed by atoms with Gasteiger partial charge in [0.05, 0.1) is 6.61 Å². The van der Waals surface area contributed by atoms with Gasteiger partial charge in [0.25, 0.3) is 0 Å². The van der Waals surface area contributed by atoms with Gasteiger partial charge in [-0.05, 0) is 6.42 Å². The van der Waals surface area contributed by atoms with Crippen molar-refractivity contribution in [2.45, 2.75) is 116 Å². The average molecular weight is 372 g/mol. The Morgan fingerprint density at radius 3 is 1.65 bits per heavy atom. The summed E-state index contributed by atoms with van der Waals surface area (Å²) in [5.74, 6) is -0.921. The molecule has 2 amide bonds. The second kappa shape index (κ2) is 18.7. The van der Waals surface area contributed by atoms with Crippen molar-refractivity contribution in [3.63, 3.8) is 0 Å². The molecule has 0 bridgehead atoms. The van der Waals surface area contributed by atoms with Crippen molar-refractivity contribution in [3.8, 4) is 0 Å². The molecule has 0 aliphatic heterocycles. The summed E-state index contributed by atoms with van der Waals surface area (Å²) in [5, 5.41) is 11.4. The van der Waals surface area contributed by atoms with Crippen LogP contribution in [0, 0.1) is 0 Å². The molecule has 5 nitrogen and oxygen atoms in total. The van der Waals surface area contributed by atoms with Gasteiger partial charge in [0, 0.05) is 7.79 Å². The van der Waals surface area contributed by atoms with Crippen molar-refractivity contribution in [1.29, 1.82) is 0 Å². The quantitative estimate of drug-likeness (QED) is 0.297. The van der Waals surface area contributed by atoms with E-state index in [2.05, 4.69) is 5.32 Å². The number of carbonyl (C=O) groups excluding carboxylic acids is 2. The van der Waals surface area contributed by atoms with E-state index in [0.717, 1.165) is 25.7 Å². The summed E-state index contributed by atoms with van der Waals surface area (Å²) in [6.07, 6.45) is 18.8. The molecular weight excluding hydrogens is 328 g/mol. The minimum absolute atomic E-state index is 0.218. The van der Waals surface area contributed by atoms with E-state index in [1.165, 1.54) is 70.6 Å². The second-order valence-corrected chi connectivity index (χ2v) is 7.26.